The number of H-pyrrole nitrogens is 1. The van der Waals surface area contributed by atoms with Gasteiger partial charge in [0.2, 0.25) is 0 Å². The quantitative estimate of drug-likeness (QED) is 0.199. The van der Waals surface area contributed by atoms with E-state index in [1.165, 1.54) is 0 Å². The Balaban J connectivity index is 1.16. The van der Waals surface area contributed by atoms with Gasteiger partial charge in [0, 0.05) is 29.4 Å². The number of aliphatic hydroxyl groups excluding tert-OH is 1. The highest BCUT2D eigenvalue weighted by Gasteiger charge is 2.11. The summed E-state index contributed by atoms with van der Waals surface area (Å²) >= 11 is 0. The van der Waals surface area contributed by atoms with E-state index in [4.69, 9.17) is 18.9 Å². The third-order valence-corrected chi connectivity index (χ3v) is 5.34. The number of aromatic amines is 1. The van der Waals surface area contributed by atoms with Crippen LogP contribution in [-0.2, 0) is 9.53 Å². The van der Waals surface area contributed by atoms with Crippen LogP contribution < -0.4 is 19.5 Å². The topological polar surface area (TPSA) is 102 Å². The summed E-state index contributed by atoms with van der Waals surface area (Å²) in [5, 5.41) is 15.6. The molecule has 1 heterocycles. The maximum atomic E-state index is 11.3. The van der Waals surface area contributed by atoms with Gasteiger partial charge in [0.1, 0.15) is 36.6 Å². The Morgan fingerprint density at radius 1 is 0.943 bits per heavy atom. The normalized spacial score (nSPS) is 11.9. The van der Waals surface area contributed by atoms with Crippen LogP contribution in [0.25, 0.3) is 21.8 Å². The van der Waals surface area contributed by atoms with E-state index in [0.717, 1.165) is 27.6 Å². The van der Waals surface area contributed by atoms with Crippen LogP contribution in [0, 0.1) is 0 Å². The Bertz CT molecular complexity index is 1240. The number of rotatable bonds is 13. The molecule has 3 aromatic carbocycles. The van der Waals surface area contributed by atoms with Gasteiger partial charge in [-0.3, -0.25) is 0 Å². The lowest BCUT2D eigenvalue weighted by Crippen LogP contribution is -2.33. The van der Waals surface area contributed by atoms with Crippen molar-refractivity contribution >= 4 is 27.8 Å². The highest BCUT2D eigenvalue weighted by Crippen LogP contribution is 2.32. The fourth-order valence-electron chi connectivity index (χ4n) is 3.72. The van der Waals surface area contributed by atoms with E-state index in [2.05, 4.69) is 16.4 Å². The Morgan fingerprint density at radius 3 is 2.49 bits per heavy atom. The number of carbonyl (C=O) groups excluding carboxylic acids is 1. The van der Waals surface area contributed by atoms with Gasteiger partial charge in [0.25, 0.3) is 0 Å². The number of para-hydroxylation sites is 1. The number of carbonyl (C=O) groups is 1. The fraction of sp³-hybridized carbons (Fsp3) is 0.296. The van der Waals surface area contributed by atoms with Crippen molar-refractivity contribution in [1.82, 2.24) is 10.3 Å². The van der Waals surface area contributed by atoms with Crippen LogP contribution in [0.1, 0.15) is 6.92 Å². The molecule has 0 amide bonds. The first-order chi connectivity index (χ1) is 17.1. The maximum Gasteiger partial charge on any atom is 0.344 e. The van der Waals surface area contributed by atoms with Crippen molar-refractivity contribution in [2.24, 2.45) is 0 Å². The van der Waals surface area contributed by atoms with E-state index in [9.17, 15) is 9.90 Å². The van der Waals surface area contributed by atoms with E-state index < -0.39 is 12.1 Å². The van der Waals surface area contributed by atoms with Crippen LogP contribution in [0.3, 0.4) is 0 Å². The second kappa shape index (κ2) is 12.1. The van der Waals surface area contributed by atoms with Crippen LogP contribution in [0.15, 0.2) is 66.7 Å². The number of hydrogen-bond acceptors (Lipinski definition) is 7. The average Bonchev–Trinajstić information content (AvgIpc) is 3.26. The molecule has 8 heteroatoms. The second-order valence-corrected chi connectivity index (χ2v) is 7.93. The highest BCUT2D eigenvalue weighted by atomic mass is 16.6. The summed E-state index contributed by atoms with van der Waals surface area (Å²) in [5.74, 6) is 1.60. The van der Waals surface area contributed by atoms with Crippen LogP contribution in [0.5, 0.6) is 17.2 Å². The Labute approximate surface area is 203 Å². The molecule has 3 N–H and O–H groups in total. The predicted molar refractivity (Wildman–Crippen MR) is 134 cm³/mol. The fourth-order valence-corrected chi connectivity index (χ4v) is 3.72. The molecule has 184 valence electrons. The van der Waals surface area contributed by atoms with Gasteiger partial charge < -0.3 is 34.4 Å². The molecular formula is C27H30N2O6. The number of ether oxygens (including phenoxy) is 4. The van der Waals surface area contributed by atoms with Gasteiger partial charge in [-0.1, -0.05) is 24.3 Å². The molecule has 0 aliphatic heterocycles. The molecule has 4 rings (SSSR count). The van der Waals surface area contributed by atoms with Crippen LogP contribution in [-0.4, -0.2) is 61.7 Å². The van der Waals surface area contributed by atoms with Crippen molar-refractivity contribution in [1.29, 1.82) is 0 Å². The monoisotopic (exact) mass is 478 g/mol. The molecule has 0 bridgehead atoms. The zero-order chi connectivity index (χ0) is 24.5. The first-order valence-electron chi connectivity index (χ1n) is 11.7. The van der Waals surface area contributed by atoms with Gasteiger partial charge >= 0.3 is 5.97 Å². The van der Waals surface area contributed by atoms with E-state index in [1.54, 1.807) is 31.2 Å². The summed E-state index contributed by atoms with van der Waals surface area (Å²) < 4.78 is 21.8. The Hall–Kier alpha value is -3.75. The number of aromatic nitrogens is 1. The van der Waals surface area contributed by atoms with Crippen molar-refractivity contribution in [3.63, 3.8) is 0 Å². The molecule has 1 aromatic heterocycles. The summed E-state index contributed by atoms with van der Waals surface area (Å²) in [6, 6.07) is 21.0. The maximum absolute atomic E-state index is 11.3. The number of benzene rings is 3. The predicted octanol–water partition coefficient (Wildman–Crippen LogP) is 3.67. The Kier molecular flexibility index (Phi) is 8.43. The molecule has 8 nitrogen and oxygen atoms in total. The molecule has 0 aliphatic rings. The largest absolute Gasteiger partial charge is 0.492 e. The summed E-state index contributed by atoms with van der Waals surface area (Å²) in [6.07, 6.45) is -0.661. The minimum atomic E-state index is -0.661. The minimum Gasteiger partial charge on any atom is -0.492 e. The van der Waals surface area contributed by atoms with Crippen LogP contribution in [0.4, 0.5) is 0 Å². The number of fused-ring (bicyclic) bond motifs is 3. The standard InChI is InChI=1S/C27H30N2O6/c1-2-32-26(31)18-34-21-12-10-20(11-13-21)33-15-14-28-16-19(30)17-35-25-9-5-8-24-27(25)22-6-3-4-7-23(22)29-24/h3-13,19,28-30H,2,14-18H2,1H3. The van der Waals surface area contributed by atoms with E-state index >= 15 is 0 Å². The molecular weight excluding hydrogens is 448 g/mol. The molecule has 1 atom stereocenters. The molecule has 1 unspecified atom stereocenters. The molecule has 0 saturated heterocycles. The zero-order valence-corrected chi connectivity index (χ0v) is 19.7. The minimum absolute atomic E-state index is 0.124. The molecule has 0 aliphatic carbocycles. The number of aliphatic hydroxyl groups is 1. The summed E-state index contributed by atoms with van der Waals surface area (Å²) in [6.45, 7) is 3.52. The van der Waals surface area contributed by atoms with Crippen molar-refractivity contribution in [3.05, 3.63) is 66.7 Å². The summed E-state index contributed by atoms with van der Waals surface area (Å²) in [5.41, 5.74) is 2.06. The number of hydrogen-bond donors (Lipinski definition) is 3. The lowest BCUT2D eigenvalue weighted by atomic mass is 10.1. The smallest absolute Gasteiger partial charge is 0.344 e. The zero-order valence-electron chi connectivity index (χ0n) is 19.7. The first-order valence-corrected chi connectivity index (χ1v) is 11.7. The second-order valence-electron chi connectivity index (χ2n) is 7.93. The molecule has 35 heavy (non-hydrogen) atoms. The first kappa shape index (κ1) is 24.4. The SMILES string of the molecule is CCOC(=O)COc1ccc(OCCNCC(O)COc2cccc3[nH]c4ccccc4c23)cc1. The summed E-state index contributed by atoms with van der Waals surface area (Å²) in [7, 11) is 0. The average molecular weight is 479 g/mol. The van der Waals surface area contributed by atoms with E-state index in [0.29, 0.717) is 37.8 Å². The number of esters is 1. The summed E-state index contributed by atoms with van der Waals surface area (Å²) in [4.78, 5) is 14.7. The van der Waals surface area contributed by atoms with Crippen molar-refractivity contribution in [2.75, 3.05) is 39.5 Å². The lowest BCUT2D eigenvalue weighted by Gasteiger charge is -2.14. The third kappa shape index (κ3) is 6.65. The van der Waals surface area contributed by atoms with Crippen molar-refractivity contribution < 1.29 is 28.8 Å². The molecule has 0 saturated carbocycles. The molecule has 0 spiro atoms. The van der Waals surface area contributed by atoms with Gasteiger partial charge in [-0.15, -0.1) is 0 Å². The van der Waals surface area contributed by atoms with Gasteiger partial charge in [-0.05, 0) is 49.4 Å². The lowest BCUT2D eigenvalue weighted by molar-refractivity contribution is -0.145. The van der Waals surface area contributed by atoms with Crippen molar-refractivity contribution in [2.45, 2.75) is 13.0 Å². The van der Waals surface area contributed by atoms with Gasteiger partial charge in [-0.2, -0.15) is 0 Å². The van der Waals surface area contributed by atoms with Gasteiger partial charge in [0.05, 0.1) is 12.1 Å². The molecule has 0 radical (unpaired) electrons. The third-order valence-electron chi connectivity index (χ3n) is 5.34. The number of nitrogens with one attached hydrogen (secondary N) is 2. The van der Waals surface area contributed by atoms with Gasteiger partial charge in [0.15, 0.2) is 6.61 Å². The highest BCUT2D eigenvalue weighted by molar-refractivity contribution is 6.10. The van der Waals surface area contributed by atoms with Crippen LogP contribution in [0.2, 0.25) is 0 Å². The molecule has 0 fully saturated rings. The Morgan fingerprint density at radius 2 is 1.69 bits per heavy atom. The van der Waals surface area contributed by atoms with E-state index in [-0.39, 0.29) is 13.2 Å². The van der Waals surface area contributed by atoms with Crippen LogP contribution >= 0.6 is 0 Å². The van der Waals surface area contributed by atoms with E-state index in [1.807, 2.05) is 36.4 Å². The van der Waals surface area contributed by atoms with Gasteiger partial charge in [-0.25, -0.2) is 4.79 Å². The molecule has 4 aromatic rings. The van der Waals surface area contributed by atoms with Crippen molar-refractivity contribution in [3.8, 4) is 17.2 Å².